The number of thiocarbonyl (C=S) groups is 1. The lowest BCUT2D eigenvalue weighted by Gasteiger charge is -2.26. The van der Waals surface area contributed by atoms with E-state index in [4.69, 9.17) is 17.0 Å². The molecule has 3 aromatic rings. The summed E-state index contributed by atoms with van der Waals surface area (Å²) in [5.41, 5.74) is 2.28. The lowest BCUT2D eigenvalue weighted by molar-refractivity contribution is -0.121. The Morgan fingerprint density at radius 1 is 0.892 bits per heavy atom. The monoisotopic (exact) mass is 518 g/mol. The molecule has 3 N–H and O–H groups in total. The molecule has 7 heteroatoms. The Morgan fingerprint density at radius 3 is 2.57 bits per heavy atom. The molecule has 0 aromatic heterocycles. The first-order chi connectivity index (χ1) is 18.2. The number of likely N-dealkylation sites (tertiary alicyclic amines) is 1. The molecule has 0 spiro atoms. The Morgan fingerprint density at radius 2 is 1.68 bits per heavy atom. The van der Waals surface area contributed by atoms with Crippen LogP contribution in [0.25, 0.3) is 10.8 Å². The highest BCUT2D eigenvalue weighted by Gasteiger charge is 2.10. The van der Waals surface area contributed by atoms with Crippen molar-refractivity contribution >= 4 is 39.7 Å². The van der Waals surface area contributed by atoms with Crippen LogP contribution in [0.15, 0.2) is 66.7 Å². The third-order valence-corrected chi connectivity index (χ3v) is 6.82. The number of carbonyl (C=O) groups excluding carboxylic acids is 1. The van der Waals surface area contributed by atoms with Crippen LogP contribution < -0.4 is 20.7 Å². The van der Waals surface area contributed by atoms with E-state index in [0.717, 1.165) is 29.8 Å². The number of nitrogens with one attached hydrogen (secondary N) is 3. The first-order valence-corrected chi connectivity index (χ1v) is 13.8. The number of piperidine rings is 1. The third-order valence-electron chi connectivity index (χ3n) is 6.57. The second kappa shape index (κ2) is 14.5. The number of anilines is 1. The fraction of sp³-hybridized carbons (Fsp3) is 0.400. The number of ether oxygens (including phenoxy) is 1. The van der Waals surface area contributed by atoms with Crippen molar-refractivity contribution in [2.75, 3.05) is 38.1 Å². The molecule has 1 aliphatic rings. The molecular weight excluding hydrogens is 480 g/mol. The summed E-state index contributed by atoms with van der Waals surface area (Å²) < 4.78 is 5.92. The predicted octanol–water partition coefficient (Wildman–Crippen LogP) is 5.48. The minimum absolute atomic E-state index is 0.0539. The normalized spacial score (nSPS) is 13.7. The summed E-state index contributed by atoms with van der Waals surface area (Å²) in [5.74, 6) is 0.957. The van der Waals surface area contributed by atoms with Crippen LogP contribution in [0, 0.1) is 0 Å². The van der Waals surface area contributed by atoms with Crippen LogP contribution >= 0.6 is 12.2 Å². The molecule has 196 valence electrons. The van der Waals surface area contributed by atoms with Crippen LogP contribution in [-0.4, -0.2) is 48.7 Å². The molecule has 0 aliphatic carbocycles. The molecule has 0 atom stereocenters. The topological polar surface area (TPSA) is 65.6 Å². The SMILES string of the molecule is O=C(CCCNC(=S)Nc1cccc2ccccc12)NCCCOc1cccc(CN2CCCCC2)c1. The molecule has 1 saturated heterocycles. The summed E-state index contributed by atoms with van der Waals surface area (Å²) in [7, 11) is 0. The number of fused-ring (bicyclic) bond motifs is 1. The van der Waals surface area contributed by atoms with E-state index in [2.05, 4.69) is 57.2 Å². The van der Waals surface area contributed by atoms with Crippen molar-refractivity contribution in [1.29, 1.82) is 0 Å². The van der Waals surface area contributed by atoms with Gasteiger partial charge in [-0.2, -0.15) is 0 Å². The van der Waals surface area contributed by atoms with Gasteiger partial charge in [0.05, 0.1) is 6.61 Å². The van der Waals surface area contributed by atoms with Crippen LogP contribution in [0.3, 0.4) is 0 Å². The van der Waals surface area contributed by atoms with E-state index in [0.29, 0.717) is 37.7 Å². The van der Waals surface area contributed by atoms with Crippen molar-refractivity contribution in [3.63, 3.8) is 0 Å². The molecular formula is C30H38N4O2S. The van der Waals surface area contributed by atoms with Gasteiger partial charge < -0.3 is 20.7 Å². The summed E-state index contributed by atoms with van der Waals surface area (Å²) in [6.45, 7) is 5.21. The van der Waals surface area contributed by atoms with Gasteiger partial charge in [-0.25, -0.2) is 0 Å². The predicted molar refractivity (Wildman–Crippen MR) is 156 cm³/mol. The Labute approximate surface area is 225 Å². The fourth-order valence-corrected chi connectivity index (χ4v) is 4.85. The van der Waals surface area contributed by atoms with Gasteiger partial charge in [-0.3, -0.25) is 9.69 Å². The van der Waals surface area contributed by atoms with Gasteiger partial charge in [0, 0.05) is 37.1 Å². The average Bonchev–Trinajstić information content (AvgIpc) is 2.92. The Bertz CT molecular complexity index is 1160. The maximum absolute atomic E-state index is 12.2. The summed E-state index contributed by atoms with van der Waals surface area (Å²) in [6.07, 6.45) is 5.90. The molecule has 37 heavy (non-hydrogen) atoms. The van der Waals surface area contributed by atoms with Crippen molar-refractivity contribution in [3.05, 3.63) is 72.3 Å². The molecule has 6 nitrogen and oxygen atoms in total. The Hall–Kier alpha value is -3.16. The molecule has 1 heterocycles. The van der Waals surface area contributed by atoms with Crippen LogP contribution in [-0.2, 0) is 11.3 Å². The number of hydrogen-bond donors (Lipinski definition) is 3. The highest BCUT2D eigenvalue weighted by Crippen LogP contribution is 2.23. The molecule has 0 unspecified atom stereocenters. The number of nitrogens with zero attached hydrogens (tertiary/aromatic N) is 1. The third kappa shape index (κ3) is 9.02. The van der Waals surface area contributed by atoms with E-state index in [1.54, 1.807) is 0 Å². The molecule has 3 aromatic carbocycles. The number of benzene rings is 3. The minimum Gasteiger partial charge on any atom is -0.494 e. The minimum atomic E-state index is 0.0539. The summed E-state index contributed by atoms with van der Waals surface area (Å²) in [6, 6.07) is 22.7. The van der Waals surface area contributed by atoms with Gasteiger partial charge in [-0.15, -0.1) is 0 Å². The van der Waals surface area contributed by atoms with Gasteiger partial charge in [-0.1, -0.05) is 55.0 Å². The van der Waals surface area contributed by atoms with E-state index < -0.39 is 0 Å². The fourth-order valence-electron chi connectivity index (χ4n) is 4.64. The zero-order valence-electron chi connectivity index (χ0n) is 21.5. The van der Waals surface area contributed by atoms with Crippen molar-refractivity contribution in [2.24, 2.45) is 0 Å². The summed E-state index contributed by atoms with van der Waals surface area (Å²) in [4.78, 5) is 14.7. The van der Waals surface area contributed by atoms with Crippen molar-refractivity contribution in [2.45, 2.75) is 45.1 Å². The number of carbonyl (C=O) groups is 1. The lowest BCUT2D eigenvalue weighted by Crippen LogP contribution is -2.31. The molecule has 4 rings (SSSR count). The van der Waals surface area contributed by atoms with Crippen LogP contribution in [0.5, 0.6) is 5.75 Å². The first kappa shape index (κ1) is 26.9. The number of hydrogen-bond acceptors (Lipinski definition) is 4. The van der Waals surface area contributed by atoms with Gasteiger partial charge in [0.2, 0.25) is 5.91 Å². The standard InChI is InChI=1S/C30H38N4O2S/c35-29(16-8-17-32-30(37)33-28-15-7-12-25-11-2-3-14-27(25)28)31-18-9-21-36-26-13-6-10-24(22-26)23-34-19-4-1-5-20-34/h2-3,6-7,10-15,22H,1,4-5,8-9,16-21,23H2,(H,31,35)(H2,32,33,37). The number of rotatable bonds is 12. The van der Waals surface area contributed by atoms with Crippen LogP contribution in [0.4, 0.5) is 5.69 Å². The van der Waals surface area contributed by atoms with Gasteiger partial charge in [0.15, 0.2) is 5.11 Å². The Balaban J connectivity index is 1.05. The smallest absolute Gasteiger partial charge is 0.220 e. The second-order valence-corrected chi connectivity index (χ2v) is 9.96. The molecule has 1 fully saturated rings. The summed E-state index contributed by atoms with van der Waals surface area (Å²) >= 11 is 5.43. The molecule has 0 bridgehead atoms. The number of amides is 1. The highest BCUT2D eigenvalue weighted by molar-refractivity contribution is 7.80. The van der Waals surface area contributed by atoms with Crippen LogP contribution in [0.2, 0.25) is 0 Å². The molecule has 1 aliphatic heterocycles. The van der Waals surface area contributed by atoms with Crippen molar-refractivity contribution in [3.8, 4) is 5.75 Å². The van der Waals surface area contributed by atoms with E-state index in [9.17, 15) is 4.79 Å². The van der Waals surface area contributed by atoms with Gasteiger partial charge in [0.1, 0.15) is 5.75 Å². The maximum Gasteiger partial charge on any atom is 0.220 e. The van der Waals surface area contributed by atoms with E-state index in [-0.39, 0.29) is 5.91 Å². The van der Waals surface area contributed by atoms with Gasteiger partial charge in [0.25, 0.3) is 0 Å². The second-order valence-electron chi connectivity index (χ2n) is 9.55. The zero-order valence-corrected chi connectivity index (χ0v) is 22.3. The highest BCUT2D eigenvalue weighted by atomic mass is 32.1. The van der Waals surface area contributed by atoms with Gasteiger partial charge in [-0.05, 0) is 80.1 Å². The maximum atomic E-state index is 12.2. The molecule has 1 amide bonds. The molecule has 0 radical (unpaired) electrons. The van der Waals surface area contributed by atoms with Crippen molar-refractivity contribution < 1.29 is 9.53 Å². The van der Waals surface area contributed by atoms with E-state index in [1.807, 2.05) is 30.3 Å². The van der Waals surface area contributed by atoms with Crippen molar-refractivity contribution in [1.82, 2.24) is 15.5 Å². The molecule has 0 saturated carbocycles. The zero-order chi connectivity index (χ0) is 25.7. The van der Waals surface area contributed by atoms with E-state index >= 15 is 0 Å². The van der Waals surface area contributed by atoms with E-state index in [1.165, 1.54) is 43.3 Å². The Kier molecular flexibility index (Phi) is 10.6. The lowest BCUT2D eigenvalue weighted by atomic mass is 10.1. The summed E-state index contributed by atoms with van der Waals surface area (Å²) in [5, 5.41) is 12.3. The largest absolute Gasteiger partial charge is 0.494 e. The van der Waals surface area contributed by atoms with Gasteiger partial charge >= 0.3 is 0 Å². The van der Waals surface area contributed by atoms with Crippen LogP contribution in [0.1, 0.15) is 44.1 Å². The quantitative estimate of drug-likeness (QED) is 0.218. The average molecular weight is 519 g/mol. The first-order valence-electron chi connectivity index (χ1n) is 13.4.